The first-order valence-corrected chi connectivity index (χ1v) is 14.8. The highest BCUT2D eigenvalue weighted by Gasteiger charge is 2.25. The van der Waals surface area contributed by atoms with Gasteiger partial charge in [0.15, 0.2) is 5.82 Å². The minimum atomic E-state index is -0.0261. The van der Waals surface area contributed by atoms with Gasteiger partial charge in [-0.2, -0.15) is 0 Å². The quantitative estimate of drug-likeness (QED) is 0.159. The van der Waals surface area contributed by atoms with Crippen LogP contribution in [0.5, 0.6) is 5.75 Å². The zero-order valence-corrected chi connectivity index (χ0v) is 24.8. The molecule has 0 bridgehead atoms. The Hall–Kier alpha value is -4.50. The molecule has 0 saturated carbocycles. The topological polar surface area (TPSA) is 97.1 Å². The number of nitrogens with zero attached hydrogens (tertiary/aromatic N) is 4. The number of nitrogens with one attached hydrogen (secondary N) is 1. The number of rotatable bonds is 11. The van der Waals surface area contributed by atoms with Crippen molar-refractivity contribution >= 4 is 43.6 Å². The zero-order chi connectivity index (χ0) is 28.9. The summed E-state index contributed by atoms with van der Waals surface area (Å²) in [4.78, 5) is 16.3. The van der Waals surface area contributed by atoms with Crippen LogP contribution < -0.4 is 4.74 Å². The third-order valence-electron chi connectivity index (χ3n) is 7.25. The first-order chi connectivity index (χ1) is 20.6. The summed E-state index contributed by atoms with van der Waals surface area (Å²) in [6, 6.07) is 28.1. The number of carbonyl (C=O) groups excluding carboxylic acids is 1. The molecule has 6 aromatic rings. The number of unbranched alkanes of at least 4 members (excludes halogenated alkanes) is 1. The summed E-state index contributed by atoms with van der Waals surface area (Å²) in [7, 11) is 0. The van der Waals surface area contributed by atoms with Gasteiger partial charge in [-0.15, -0.1) is 5.10 Å². The van der Waals surface area contributed by atoms with Gasteiger partial charge >= 0.3 is 0 Å². The van der Waals surface area contributed by atoms with E-state index in [2.05, 4.69) is 73.8 Å². The van der Waals surface area contributed by atoms with Crippen LogP contribution in [0.25, 0.3) is 21.7 Å². The largest absolute Gasteiger partial charge is 0.484 e. The van der Waals surface area contributed by atoms with Crippen molar-refractivity contribution in [3.8, 4) is 5.75 Å². The molecule has 8 nitrogen and oxygen atoms in total. The van der Waals surface area contributed by atoms with Crippen LogP contribution in [0.4, 0.5) is 0 Å². The maximum absolute atomic E-state index is 14.4. The van der Waals surface area contributed by atoms with Gasteiger partial charge in [-0.3, -0.25) is 4.79 Å². The number of furan rings is 1. The summed E-state index contributed by atoms with van der Waals surface area (Å²) in [6.45, 7) is 3.31. The number of hydrogen-bond acceptors (Lipinski definition) is 6. The van der Waals surface area contributed by atoms with Crippen LogP contribution in [-0.2, 0) is 26.1 Å². The normalized spacial score (nSPS) is 11.3. The molecule has 0 radical (unpaired) electrons. The van der Waals surface area contributed by atoms with Crippen molar-refractivity contribution in [2.24, 2.45) is 0 Å². The van der Waals surface area contributed by atoms with Crippen LogP contribution in [-0.4, -0.2) is 31.4 Å². The third-order valence-corrected chi connectivity index (χ3v) is 8.07. The van der Waals surface area contributed by atoms with Gasteiger partial charge in [0.1, 0.15) is 23.7 Å². The Balaban J connectivity index is 1.32. The Morgan fingerprint density at radius 3 is 2.57 bits per heavy atom. The first-order valence-electron chi connectivity index (χ1n) is 14.0. The number of tetrazole rings is 1. The summed E-state index contributed by atoms with van der Waals surface area (Å²) < 4.78 is 13.0. The van der Waals surface area contributed by atoms with E-state index in [1.165, 1.54) is 0 Å². The summed E-state index contributed by atoms with van der Waals surface area (Å²) in [5.41, 5.74) is 3.52. The lowest BCUT2D eigenvalue weighted by atomic mass is 10.0. The summed E-state index contributed by atoms with van der Waals surface area (Å²) in [6.07, 6.45) is 2.71. The molecule has 0 aliphatic rings. The van der Waals surface area contributed by atoms with Gasteiger partial charge in [0.05, 0.1) is 10.0 Å². The molecule has 212 valence electrons. The molecule has 2 heterocycles. The van der Waals surface area contributed by atoms with Crippen molar-refractivity contribution in [2.45, 2.75) is 45.9 Å². The van der Waals surface area contributed by atoms with Crippen molar-refractivity contribution in [1.29, 1.82) is 0 Å². The number of fused-ring (bicyclic) bond motifs is 2. The van der Waals surface area contributed by atoms with Gasteiger partial charge in [-0.25, -0.2) is 5.10 Å². The molecular weight excluding hydrogens is 594 g/mol. The van der Waals surface area contributed by atoms with E-state index in [0.29, 0.717) is 30.2 Å². The number of hydrogen-bond donors (Lipinski definition) is 1. The number of aromatic nitrogens is 4. The lowest BCUT2D eigenvalue weighted by molar-refractivity contribution is 0.0729. The molecule has 4 aromatic carbocycles. The molecule has 1 amide bonds. The molecule has 0 aliphatic heterocycles. The predicted octanol–water partition coefficient (Wildman–Crippen LogP) is 7.63. The van der Waals surface area contributed by atoms with Crippen LogP contribution >= 0.6 is 15.9 Å². The van der Waals surface area contributed by atoms with Crippen LogP contribution in [0.3, 0.4) is 0 Å². The van der Waals surface area contributed by atoms with E-state index in [0.717, 1.165) is 62.4 Å². The highest BCUT2D eigenvalue weighted by Crippen LogP contribution is 2.35. The Morgan fingerprint density at radius 2 is 1.76 bits per heavy atom. The average molecular weight is 625 g/mol. The molecule has 0 saturated heterocycles. The van der Waals surface area contributed by atoms with Gasteiger partial charge in [0.25, 0.3) is 5.91 Å². The SMILES string of the molecule is CCCCc1oc2ccccc2c1C(=O)N(Cc1ccccc1)Cc1ccc2c(Br)c(OCc3nnn[nH]3)ccc2c1. The highest BCUT2D eigenvalue weighted by molar-refractivity contribution is 9.10. The zero-order valence-electron chi connectivity index (χ0n) is 23.2. The van der Waals surface area contributed by atoms with Crippen molar-refractivity contribution in [3.05, 3.63) is 118 Å². The molecule has 42 heavy (non-hydrogen) atoms. The number of aryl methyl sites for hydroxylation is 1. The van der Waals surface area contributed by atoms with Gasteiger partial charge in [-0.05, 0) is 72.9 Å². The molecule has 0 unspecified atom stereocenters. The van der Waals surface area contributed by atoms with Gasteiger partial charge in [-0.1, -0.05) is 80.1 Å². The van der Waals surface area contributed by atoms with Crippen LogP contribution in [0.2, 0.25) is 0 Å². The lowest BCUT2D eigenvalue weighted by Gasteiger charge is -2.24. The predicted molar refractivity (Wildman–Crippen MR) is 165 cm³/mol. The second kappa shape index (κ2) is 12.6. The first kappa shape index (κ1) is 27.7. The second-order valence-corrected chi connectivity index (χ2v) is 11.0. The van der Waals surface area contributed by atoms with Crippen LogP contribution in [0, 0.1) is 0 Å². The molecule has 6 rings (SSSR count). The number of ether oxygens (including phenoxy) is 1. The van der Waals surface area contributed by atoms with Crippen molar-refractivity contribution in [1.82, 2.24) is 25.5 Å². The lowest BCUT2D eigenvalue weighted by Crippen LogP contribution is -2.30. The van der Waals surface area contributed by atoms with E-state index in [9.17, 15) is 4.79 Å². The maximum atomic E-state index is 14.4. The molecule has 9 heteroatoms. The fourth-order valence-electron chi connectivity index (χ4n) is 5.14. The molecule has 0 atom stereocenters. The minimum Gasteiger partial charge on any atom is -0.484 e. The van der Waals surface area contributed by atoms with Crippen molar-refractivity contribution in [3.63, 3.8) is 0 Å². The number of amides is 1. The second-order valence-electron chi connectivity index (χ2n) is 10.2. The smallest absolute Gasteiger partial charge is 0.258 e. The number of carbonyl (C=O) groups is 1. The van der Waals surface area contributed by atoms with E-state index in [4.69, 9.17) is 9.15 Å². The maximum Gasteiger partial charge on any atom is 0.258 e. The van der Waals surface area contributed by atoms with Crippen LogP contribution in [0.1, 0.15) is 52.8 Å². The molecule has 0 fully saturated rings. The number of benzene rings is 4. The fourth-order valence-corrected chi connectivity index (χ4v) is 5.75. The van der Waals surface area contributed by atoms with E-state index in [1.807, 2.05) is 59.5 Å². The summed E-state index contributed by atoms with van der Waals surface area (Å²) >= 11 is 3.70. The van der Waals surface area contributed by atoms with Crippen LogP contribution in [0.15, 0.2) is 93.8 Å². The van der Waals surface area contributed by atoms with E-state index in [1.54, 1.807) is 0 Å². The summed E-state index contributed by atoms with van der Waals surface area (Å²) in [5.74, 6) is 1.97. The molecule has 1 N–H and O–H groups in total. The monoisotopic (exact) mass is 623 g/mol. The third kappa shape index (κ3) is 5.92. The fraction of sp³-hybridized carbons (Fsp3) is 0.212. The Kier molecular flexibility index (Phi) is 8.28. The van der Waals surface area contributed by atoms with Gasteiger partial charge in [0, 0.05) is 24.9 Å². The molecule has 0 aliphatic carbocycles. The average Bonchev–Trinajstić information content (AvgIpc) is 3.67. The minimum absolute atomic E-state index is 0.0261. The number of para-hydroxylation sites is 1. The number of H-pyrrole nitrogens is 1. The van der Waals surface area contributed by atoms with Gasteiger partial charge < -0.3 is 14.1 Å². The standard InChI is InChI=1S/C33H30BrN5O3/c1-2-3-12-28-31(26-11-7-8-13-27(26)42-28)33(40)39(19-22-9-5-4-6-10-22)20-23-14-16-25-24(18-23)15-17-29(32(25)34)41-21-30-35-37-38-36-30/h4-11,13-18H,2-3,12,19-21H2,1H3,(H,35,36,37,38). The van der Waals surface area contributed by atoms with E-state index in [-0.39, 0.29) is 12.5 Å². The molecule has 0 spiro atoms. The Labute approximate surface area is 251 Å². The van der Waals surface area contributed by atoms with E-state index >= 15 is 0 Å². The van der Waals surface area contributed by atoms with Gasteiger partial charge in [0.2, 0.25) is 0 Å². The van der Waals surface area contributed by atoms with Crippen molar-refractivity contribution in [2.75, 3.05) is 0 Å². The summed E-state index contributed by atoms with van der Waals surface area (Å²) in [5, 5.41) is 16.6. The molecule has 2 aromatic heterocycles. The highest BCUT2D eigenvalue weighted by atomic mass is 79.9. The van der Waals surface area contributed by atoms with E-state index < -0.39 is 0 Å². The molecular formula is C33H30BrN5O3. The number of halogens is 1. The number of aromatic amines is 1. The Morgan fingerprint density at radius 1 is 0.952 bits per heavy atom. The van der Waals surface area contributed by atoms with Crippen molar-refractivity contribution < 1.29 is 13.9 Å². The Bertz CT molecular complexity index is 1820.